The first kappa shape index (κ1) is 5.84. The Balaban J connectivity index is 2.19. The lowest BCUT2D eigenvalue weighted by Gasteiger charge is -2.19. The largest absolute Gasteiger partial charge is 0.383 e. The smallest absolute Gasteiger partial charge is 0.108 e. The van der Waals surface area contributed by atoms with Gasteiger partial charge in [0, 0.05) is 18.4 Å². The molecule has 2 atom stereocenters. The highest BCUT2D eigenvalue weighted by atomic mass is 16.3. The molecule has 1 saturated carbocycles. The van der Waals surface area contributed by atoms with Gasteiger partial charge in [-0.05, 0) is 30.9 Å². The maximum absolute atomic E-state index is 9.97. The lowest BCUT2D eigenvalue weighted by molar-refractivity contribution is 0.107. The Labute approximate surface area is 65.5 Å². The molecule has 58 valence electrons. The molecule has 2 nitrogen and oxygen atoms in total. The van der Waals surface area contributed by atoms with Crippen molar-refractivity contribution in [1.29, 1.82) is 0 Å². The van der Waals surface area contributed by atoms with Gasteiger partial charge in [-0.2, -0.15) is 0 Å². The summed E-state index contributed by atoms with van der Waals surface area (Å²) in [7, 11) is 0. The van der Waals surface area contributed by atoms with E-state index in [0.29, 0.717) is 5.92 Å². The topological polar surface area (TPSA) is 25.2 Å². The first-order valence-corrected chi connectivity index (χ1v) is 4.19. The molecule has 1 N–H and O–H groups in total. The zero-order valence-electron chi connectivity index (χ0n) is 6.33. The number of aromatic nitrogens is 1. The summed E-state index contributed by atoms with van der Waals surface area (Å²) in [5, 5.41) is 9.97. The quantitative estimate of drug-likeness (QED) is 0.587. The maximum atomic E-state index is 9.97. The second-order valence-electron chi connectivity index (χ2n) is 3.70. The van der Waals surface area contributed by atoms with Gasteiger partial charge in [0.15, 0.2) is 0 Å². The molecule has 0 bridgehead atoms. The number of rotatable bonds is 0. The SMILES string of the molecule is OC12CC1CCn1cccc12. The van der Waals surface area contributed by atoms with Crippen molar-refractivity contribution in [2.75, 3.05) is 0 Å². The van der Waals surface area contributed by atoms with Crippen molar-refractivity contribution in [1.82, 2.24) is 4.57 Å². The van der Waals surface area contributed by atoms with E-state index in [1.807, 2.05) is 12.1 Å². The van der Waals surface area contributed by atoms with Gasteiger partial charge in [-0.1, -0.05) is 0 Å². The fraction of sp³-hybridized carbons (Fsp3) is 0.556. The molecular formula is C9H11NO. The summed E-state index contributed by atoms with van der Waals surface area (Å²) in [6, 6.07) is 4.06. The van der Waals surface area contributed by atoms with E-state index in [-0.39, 0.29) is 0 Å². The number of aliphatic hydroxyl groups is 1. The van der Waals surface area contributed by atoms with Crippen LogP contribution in [0.4, 0.5) is 0 Å². The van der Waals surface area contributed by atoms with Gasteiger partial charge in [-0.3, -0.25) is 0 Å². The molecule has 1 aliphatic carbocycles. The summed E-state index contributed by atoms with van der Waals surface area (Å²) < 4.78 is 2.17. The third kappa shape index (κ3) is 0.566. The van der Waals surface area contributed by atoms with Crippen LogP contribution in [0.15, 0.2) is 18.3 Å². The van der Waals surface area contributed by atoms with E-state index in [9.17, 15) is 5.11 Å². The summed E-state index contributed by atoms with van der Waals surface area (Å²) in [6.45, 7) is 1.09. The minimum Gasteiger partial charge on any atom is -0.383 e. The molecule has 1 fully saturated rings. The van der Waals surface area contributed by atoms with E-state index < -0.39 is 5.60 Å². The van der Waals surface area contributed by atoms with Crippen molar-refractivity contribution in [3.63, 3.8) is 0 Å². The van der Waals surface area contributed by atoms with Gasteiger partial charge in [0.1, 0.15) is 5.60 Å². The zero-order valence-corrected chi connectivity index (χ0v) is 6.33. The molecule has 11 heavy (non-hydrogen) atoms. The third-order valence-corrected chi connectivity index (χ3v) is 3.06. The predicted octanol–water partition coefficient (Wildman–Crippen LogP) is 1.10. The lowest BCUT2D eigenvalue weighted by atomic mass is 10.1. The van der Waals surface area contributed by atoms with Crippen molar-refractivity contribution in [2.24, 2.45) is 5.92 Å². The molecule has 1 aromatic heterocycles. The molecule has 2 heteroatoms. The van der Waals surface area contributed by atoms with E-state index in [0.717, 1.165) is 25.1 Å². The third-order valence-electron chi connectivity index (χ3n) is 3.06. The molecule has 2 heterocycles. The monoisotopic (exact) mass is 149 g/mol. The van der Waals surface area contributed by atoms with E-state index in [1.165, 1.54) is 0 Å². The summed E-state index contributed by atoms with van der Waals surface area (Å²) in [4.78, 5) is 0. The average Bonchev–Trinajstić information content (AvgIpc) is 2.45. The van der Waals surface area contributed by atoms with Crippen molar-refractivity contribution < 1.29 is 5.11 Å². The number of hydrogen-bond donors (Lipinski definition) is 1. The van der Waals surface area contributed by atoms with Crippen LogP contribution in [-0.2, 0) is 12.1 Å². The molecule has 0 spiro atoms. The van der Waals surface area contributed by atoms with Crippen LogP contribution in [0.5, 0.6) is 0 Å². The van der Waals surface area contributed by atoms with Gasteiger partial charge in [-0.25, -0.2) is 0 Å². The fourth-order valence-electron chi connectivity index (χ4n) is 2.27. The molecule has 1 aromatic rings. The van der Waals surface area contributed by atoms with Crippen LogP contribution in [0.3, 0.4) is 0 Å². The Morgan fingerprint density at radius 1 is 1.64 bits per heavy atom. The average molecular weight is 149 g/mol. The van der Waals surface area contributed by atoms with Crippen LogP contribution in [0, 0.1) is 5.92 Å². The molecule has 0 aromatic carbocycles. The standard InChI is InChI=1S/C9H11NO/c11-9-6-7(9)3-5-10-4-1-2-8(9)10/h1-2,4,7,11H,3,5-6H2. The van der Waals surface area contributed by atoms with E-state index in [2.05, 4.69) is 10.8 Å². The maximum Gasteiger partial charge on any atom is 0.108 e. The van der Waals surface area contributed by atoms with Crippen LogP contribution in [-0.4, -0.2) is 9.67 Å². The van der Waals surface area contributed by atoms with Crippen LogP contribution in [0.25, 0.3) is 0 Å². The van der Waals surface area contributed by atoms with Crippen molar-refractivity contribution >= 4 is 0 Å². The van der Waals surface area contributed by atoms with E-state index in [1.54, 1.807) is 0 Å². The molecule has 3 rings (SSSR count). The van der Waals surface area contributed by atoms with Gasteiger partial charge in [0.2, 0.25) is 0 Å². The first-order valence-electron chi connectivity index (χ1n) is 4.19. The molecule has 1 aliphatic heterocycles. The number of aryl methyl sites for hydroxylation is 1. The van der Waals surface area contributed by atoms with Crippen LogP contribution in [0.1, 0.15) is 18.5 Å². The first-order chi connectivity index (χ1) is 5.31. The summed E-state index contributed by atoms with van der Waals surface area (Å²) in [6.07, 6.45) is 4.19. The van der Waals surface area contributed by atoms with Gasteiger partial charge >= 0.3 is 0 Å². The highest BCUT2D eigenvalue weighted by Gasteiger charge is 2.57. The minimum atomic E-state index is -0.429. The van der Waals surface area contributed by atoms with Crippen LogP contribution >= 0.6 is 0 Å². The highest BCUT2D eigenvalue weighted by Crippen LogP contribution is 2.56. The summed E-state index contributed by atoms with van der Waals surface area (Å²) in [5.41, 5.74) is 0.704. The van der Waals surface area contributed by atoms with Gasteiger partial charge in [0.25, 0.3) is 0 Å². The Kier molecular flexibility index (Phi) is 0.812. The summed E-state index contributed by atoms with van der Waals surface area (Å²) >= 11 is 0. The molecule has 0 saturated heterocycles. The second kappa shape index (κ2) is 1.53. The molecule has 2 unspecified atom stereocenters. The van der Waals surface area contributed by atoms with Crippen molar-refractivity contribution in [3.8, 4) is 0 Å². The highest BCUT2D eigenvalue weighted by molar-refractivity contribution is 5.27. The normalized spacial score (nSPS) is 39.5. The molecule has 2 aliphatic rings. The minimum absolute atomic E-state index is 0.429. The Morgan fingerprint density at radius 2 is 2.55 bits per heavy atom. The van der Waals surface area contributed by atoms with Crippen molar-refractivity contribution in [2.45, 2.75) is 25.0 Å². The molecule has 0 radical (unpaired) electrons. The second-order valence-corrected chi connectivity index (χ2v) is 3.70. The number of hydrogen-bond acceptors (Lipinski definition) is 1. The van der Waals surface area contributed by atoms with Gasteiger partial charge < -0.3 is 9.67 Å². The van der Waals surface area contributed by atoms with Crippen LogP contribution < -0.4 is 0 Å². The van der Waals surface area contributed by atoms with Gasteiger partial charge in [0.05, 0.1) is 0 Å². The van der Waals surface area contributed by atoms with Crippen LogP contribution in [0.2, 0.25) is 0 Å². The van der Waals surface area contributed by atoms with E-state index >= 15 is 0 Å². The number of nitrogens with zero attached hydrogens (tertiary/aromatic N) is 1. The Hall–Kier alpha value is -0.760. The lowest BCUT2D eigenvalue weighted by Crippen LogP contribution is -2.20. The van der Waals surface area contributed by atoms with E-state index in [4.69, 9.17) is 0 Å². The number of fused-ring (bicyclic) bond motifs is 3. The Bertz CT molecular complexity index is 302. The Morgan fingerprint density at radius 3 is 3.45 bits per heavy atom. The predicted molar refractivity (Wildman–Crippen MR) is 41.1 cm³/mol. The zero-order chi connectivity index (χ0) is 7.47. The molecule has 0 amide bonds. The molecular weight excluding hydrogens is 138 g/mol. The fourth-order valence-corrected chi connectivity index (χ4v) is 2.27. The van der Waals surface area contributed by atoms with Gasteiger partial charge in [-0.15, -0.1) is 0 Å². The van der Waals surface area contributed by atoms with Crippen molar-refractivity contribution in [3.05, 3.63) is 24.0 Å². The summed E-state index contributed by atoms with van der Waals surface area (Å²) in [5.74, 6) is 0.560.